The summed E-state index contributed by atoms with van der Waals surface area (Å²) in [6, 6.07) is 6.96. The molecule has 6 heteroatoms. The van der Waals surface area contributed by atoms with Crippen molar-refractivity contribution in [3.8, 4) is 5.75 Å². The van der Waals surface area contributed by atoms with Crippen LogP contribution in [0.1, 0.15) is 27.7 Å². The summed E-state index contributed by atoms with van der Waals surface area (Å²) in [4.78, 5) is 12.8. The number of thiophene rings is 1. The normalized spacial score (nSPS) is 11.4. The fraction of sp³-hybridized carbons (Fsp3) is 0.214. The van der Waals surface area contributed by atoms with Crippen LogP contribution < -0.4 is 4.74 Å². The van der Waals surface area contributed by atoms with Crippen LogP contribution in [-0.2, 0) is 6.42 Å². The molecular weight excluding hydrogens is 289 g/mol. The maximum absolute atomic E-state index is 12.3. The van der Waals surface area contributed by atoms with Crippen LogP contribution in [0, 0.1) is 0 Å². The highest BCUT2D eigenvalue weighted by Gasteiger charge is 2.31. The molecule has 1 aromatic carbocycles. The van der Waals surface area contributed by atoms with Crippen molar-refractivity contribution < 1.29 is 22.7 Å². The largest absolute Gasteiger partial charge is 0.573 e. The quantitative estimate of drug-likeness (QED) is 0.780. The van der Waals surface area contributed by atoms with E-state index in [1.165, 1.54) is 29.5 Å². The third-order valence-corrected chi connectivity index (χ3v) is 3.62. The number of rotatable bonds is 4. The van der Waals surface area contributed by atoms with E-state index in [0.29, 0.717) is 11.3 Å². The SMILES string of the molecule is CCc1ccsc1C(=O)c1cccc(OC(F)(F)F)c1. The van der Waals surface area contributed by atoms with Crippen molar-refractivity contribution in [2.24, 2.45) is 0 Å². The van der Waals surface area contributed by atoms with Gasteiger partial charge in [-0.15, -0.1) is 24.5 Å². The van der Waals surface area contributed by atoms with Gasteiger partial charge in [0, 0.05) is 5.56 Å². The molecule has 0 saturated carbocycles. The van der Waals surface area contributed by atoms with E-state index in [2.05, 4.69) is 4.74 Å². The minimum Gasteiger partial charge on any atom is -0.406 e. The van der Waals surface area contributed by atoms with E-state index >= 15 is 0 Å². The van der Waals surface area contributed by atoms with Gasteiger partial charge < -0.3 is 4.74 Å². The molecule has 0 saturated heterocycles. The summed E-state index contributed by atoms with van der Waals surface area (Å²) in [7, 11) is 0. The van der Waals surface area contributed by atoms with E-state index < -0.39 is 12.1 Å². The summed E-state index contributed by atoms with van der Waals surface area (Å²) in [5.41, 5.74) is 1.08. The second-order valence-corrected chi connectivity index (χ2v) is 4.95. The first-order valence-corrected chi connectivity index (χ1v) is 6.75. The number of halogens is 3. The Kier molecular flexibility index (Phi) is 4.13. The zero-order chi connectivity index (χ0) is 14.8. The molecule has 0 bridgehead atoms. The van der Waals surface area contributed by atoms with Gasteiger partial charge in [0.25, 0.3) is 0 Å². The first kappa shape index (κ1) is 14.6. The number of carbonyl (C=O) groups excluding carboxylic acids is 1. The highest BCUT2D eigenvalue weighted by atomic mass is 32.1. The van der Waals surface area contributed by atoms with Crippen molar-refractivity contribution >= 4 is 17.1 Å². The molecule has 0 aliphatic carbocycles. The van der Waals surface area contributed by atoms with Crippen molar-refractivity contribution in [2.75, 3.05) is 0 Å². The number of ketones is 1. The van der Waals surface area contributed by atoms with Crippen LogP contribution in [0.4, 0.5) is 13.2 Å². The molecule has 0 amide bonds. The maximum Gasteiger partial charge on any atom is 0.573 e. The molecule has 0 N–H and O–H groups in total. The van der Waals surface area contributed by atoms with Crippen molar-refractivity contribution in [3.05, 3.63) is 51.7 Å². The molecule has 0 radical (unpaired) electrons. The Morgan fingerprint density at radius 3 is 2.70 bits per heavy atom. The van der Waals surface area contributed by atoms with Gasteiger partial charge in [-0.25, -0.2) is 0 Å². The van der Waals surface area contributed by atoms with Gasteiger partial charge >= 0.3 is 6.36 Å². The number of hydrogen-bond donors (Lipinski definition) is 0. The van der Waals surface area contributed by atoms with E-state index in [4.69, 9.17) is 0 Å². The molecule has 2 nitrogen and oxygen atoms in total. The fourth-order valence-electron chi connectivity index (χ4n) is 1.78. The van der Waals surface area contributed by atoms with Crippen LogP contribution >= 0.6 is 11.3 Å². The highest BCUT2D eigenvalue weighted by molar-refractivity contribution is 7.12. The van der Waals surface area contributed by atoms with Crippen LogP contribution in [-0.4, -0.2) is 12.1 Å². The van der Waals surface area contributed by atoms with Crippen molar-refractivity contribution in [1.82, 2.24) is 0 Å². The minimum atomic E-state index is -4.76. The van der Waals surface area contributed by atoms with E-state index in [0.717, 1.165) is 11.6 Å². The Hall–Kier alpha value is -1.82. The third-order valence-electron chi connectivity index (χ3n) is 2.66. The summed E-state index contributed by atoms with van der Waals surface area (Å²) >= 11 is 1.28. The van der Waals surface area contributed by atoms with Crippen LogP contribution in [0.25, 0.3) is 0 Å². The Labute approximate surface area is 117 Å². The van der Waals surface area contributed by atoms with Gasteiger partial charge in [0.1, 0.15) is 5.75 Å². The van der Waals surface area contributed by atoms with E-state index in [1.54, 1.807) is 5.38 Å². The van der Waals surface area contributed by atoms with Gasteiger partial charge in [-0.3, -0.25) is 4.79 Å². The number of alkyl halides is 3. The van der Waals surface area contributed by atoms with E-state index in [-0.39, 0.29) is 11.3 Å². The number of carbonyl (C=O) groups is 1. The van der Waals surface area contributed by atoms with Gasteiger partial charge in [-0.05, 0) is 35.6 Å². The lowest BCUT2D eigenvalue weighted by molar-refractivity contribution is -0.274. The monoisotopic (exact) mass is 300 g/mol. The average Bonchev–Trinajstić information content (AvgIpc) is 2.84. The van der Waals surface area contributed by atoms with Gasteiger partial charge in [0.15, 0.2) is 0 Å². The molecule has 0 aliphatic rings. The maximum atomic E-state index is 12.3. The fourth-order valence-corrected chi connectivity index (χ4v) is 2.74. The standard InChI is InChI=1S/C14H11F3O2S/c1-2-9-6-7-20-13(9)12(18)10-4-3-5-11(8-10)19-14(15,16)17/h3-8H,2H2,1H3. The molecule has 0 aliphatic heterocycles. The Bertz CT molecular complexity index is 617. The third kappa shape index (κ3) is 3.39. The van der Waals surface area contributed by atoms with Crippen LogP contribution in [0.3, 0.4) is 0 Å². The lowest BCUT2D eigenvalue weighted by Crippen LogP contribution is -2.17. The van der Waals surface area contributed by atoms with Gasteiger partial charge in [0.2, 0.25) is 5.78 Å². The molecule has 0 spiro atoms. The molecule has 2 aromatic rings. The predicted octanol–water partition coefficient (Wildman–Crippen LogP) is 4.44. The minimum absolute atomic E-state index is 0.184. The molecule has 1 aromatic heterocycles. The first-order valence-electron chi connectivity index (χ1n) is 5.87. The second kappa shape index (κ2) is 5.66. The lowest BCUT2D eigenvalue weighted by Gasteiger charge is -2.09. The van der Waals surface area contributed by atoms with Crippen LogP contribution in [0.5, 0.6) is 5.75 Å². The number of ether oxygens (including phenoxy) is 1. The molecule has 2 rings (SSSR count). The zero-order valence-corrected chi connectivity index (χ0v) is 11.3. The molecule has 0 atom stereocenters. The zero-order valence-electron chi connectivity index (χ0n) is 10.5. The molecular formula is C14H11F3O2S. The summed E-state index contributed by atoms with van der Waals surface area (Å²) < 4.78 is 40.3. The smallest absolute Gasteiger partial charge is 0.406 e. The first-order chi connectivity index (χ1) is 9.40. The topological polar surface area (TPSA) is 26.3 Å². The Balaban J connectivity index is 2.29. The van der Waals surface area contributed by atoms with Crippen molar-refractivity contribution in [3.63, 3.8) is 0 Å². The Morgan fingerprint density at radius 2 is 2.05 bits per heavy atom. The summed E-state index contributed by atoms with van der Waals surface area (Å²) in [5, 5.41) is 1.79. The van der Waals surface area contributed by atoms with E-state index in [1.807, 2.05) is 13.0 Å². The summed E-state index contributed by atoms with van der Waals surface area (Å²) in [5.74, 6) is -0.678. The van der Waals surface area contributed by atoms with Crippen molar-refractivity contribution in [1.29, 1.82) is 0 Å². The lowest BCUT2D eigenvalue weighted by atomic mass is 10.1. The molecule has 1 heterocycles. The average molecular weight is 300 g/mol. The van der Waals surface area contributed by atoms with Crippen molar-refractivity contribution in [2.45, 2.75) is 19.7 Å². The number of benzene rings is 1. The number of hydrogen-bond acceptors (Lipinski definition) is 3. The highest BCUT2D eigenvalue weighted by Crippen LogP contribution is 2.26. The molecule has 0 unspecified atom stereocenters. The van der Waals surface area contributed by atoms with Gasteiger partial charge in [-0.1, -0.05) is 19.1 Å². The van der Waals surface area contributed by atoms with Crippen LogP contribution in [0.2, 0.25) is 0 Å². The molecule has 20 heavy (non-hydrogen) atoms. The molecule has 0 fully saturated rings. The summed E-state index contributed by atoms with van der Waals surface area (Å²) in [6.45, 7) is 1.92. The van der Waals surface area contributed by atoms with Gasteiger partial charge in [0.05, 0.1) is 4.88 Å². The molecule has 106 valence electrons. The summed E-state index contributed by atoms with van der Waals surface area (Å²) in [6.07, 6.45) is -4.07. The van der Waals surface area contributed by atoms with E-state index in [9.17, 15) is 18.0 Å². The number of aryl methyl sites for hydroxylation is 1. The van der Waals surface area contributed by atoms with Crippen LogP contribution in [0.15, 0.2) is 35.7 Å². The Morgan fingerprint density at radius 1 is 1.30 bits per heavy atom. The van der Waals surface area contributed by atoms with Gasteiger partial charge in [-0.2, -0.15) is 0 Å². The predicted molar refractivity (Wildman–Crippen MR) is 70.3 cm³/mol. The second-order valence-electron chi connectivity index (χ2n) is 4.03.